The van der Waals surface area contributed by atoms with Gasteiger partial charge in [0.05, 0.1) is 11.4 Å². The van der Waals surface area contributed by atoms with Crippen LogP contribution >= 0.6 is 11.3 Å². The van der Waals surface area contributed by atoms with Gasteiger partial charge in [-0.3, -0.25) is 14.4 Å². The summed E-state index contributed by atoms with van der Waals surface area (Å²) >= 11 is 1.24. The Bertz CT molecular complexity index is 949. The van der Waals surface area contributed by atoms with Gasteiger partial charge in [-0.2, -0.15) is 0 Å². The second-order valence-electron chi connectivity index (χ2n) is 7.68. The van der Waals surface area contributed by atoms with Gasteiger partial charge in [-0.1, -0.05) is 31.5 Å². The molecule has 2 aromatic rings. The Balaban J connectivity index is 2.01. The highest BCUT2D eigenvalue weighted by molar-refractivity contribution is 7.14. The summed E-state index contributed by atoms with van der Waals surface area (Å²) in [5.74, 6) is -1.76. The lowest BCUT2D eigenvalue weighted by Crippen LogP contribution is -2.46. The molecule has 0 saturated carbocycles. The Labute approximate surface area is 186 Å². The quantitative estimate of drug-likeness (QED) is 0.457. The van der Waals surface area contributed by atoms with Crippen LogP contribution in [0.3, 0.4) is 0 Å². The van der Waals surface area contributed by atoms with Crippen LogP contribution in [0, 0.1) is 12.8 Å². The summed E-state index contributed by atoms with van der Waals surface area (Å²) in [5, 5.41) is 5.38. The van der Waals surface area contributed by atoms with Crippen LogP contribution in [0.1, 0.15) is 58.2 Å². The maximum Gasteiger partial charge on any atom is 0.329 e. The summed E-state index contributed by atoms with van der Waals surface area (Å²) in [6.07, 6.45) is -1.00. The van der Waals surface area contributed by atoms with Gasteiger partial charge < -0.3 is 15.4 Å². The zero-order chi connectivity index (χ0) is 23.1. The summed E-state index contributed by atoms with van der Waals surface area (Å²) in [7, 11) is 0. The van der Waals surface area contributed by atoms with Gasteiger partial charge in [-0.25, -0.2) is 4.79 Å². The average Bonchev–Trinajstić information content (AvgIpc) is 3.18. The van der Waals surface area contributed by atoms with Crippen molar-refractivity contribution in [3.8, 4) is 0 Å². The molecule has 31 heavy (non-hydrogen) atoms. The second kappa shape index (κ2) is 10.9. The number of hydrogen-bond donors (Lipinski definition) is 2. The Morgan fingerprint density at radius 2 is 1.65 bits per heavy atom. The zero-order valence-electron chi connectivity index (χ0n) is 18.4. The van der Waals surface area contributed by atoms with Crippen molar-refractivity contribution >= 4 is 34.9 Å². The number of thiophene rings is 1. The molecule has 1 unspecified atom stereocenters. The number of nitrogens with one attached hydrogen (secondary N) is 2. The minimum absolute atomic E-state index is 0.156. The molecule has 2 amide bonds. The monoisotopic (exact) mass is 444 g/mol. The Hall–Kier alpha value is -3.00. The lowest BCUT2D eigenvalue weighted by molar-refractivity contribution is -0.149. The number of aryl methyl sites for hydroxylation is 1. The van der Waals surface area contributed by atoms with Crippen LogP contribution in [0.15, 0.2) is 36.4 Å². The number of carbonyl (C=O) groups is 4. The molecular formula is C23H28N2O5S. The van der Waals surface area contributed by atoms with Crippen LogP contribution in [0.5, 0.6) is 0 Å². The molecule has 0 aliphatic rings. The van der Waals surface area contributed by atoms with E-state index in [9.17, 15) is 19.2 Å². The molecular weight excluding hydrogens is 416 g/mol. The largest absolute Gasteiger partial charge is 0.453 e. The van der Waals surface area contributed by atoms with Gasteiger partial charge in [-0.15, -0.1) is 11.3 Å². The van der Waals surface area contributed by atoms with Crippen LogP contribution in [0.2, 0.25) is 0 Å². The van der Waals surface area contributed by atoms with Crippen LogP contribution in [0.25, 0.3) is 0 Å². The van der Waals surface area contributed by atoms with E-state index in [1.807, 2.05) is 19.1 Å². The van der Waals surface area contributed by atoms with Crippen molar-refractivity contribution in [2.45, 2.75) is 53.3 Å². The Kier molecular flexibility index (Phi) is 8.50. The summed E-state index contributed by atoms with van der Waals surface area (Å²) in [4.78, 5) is 50.2. The number of ether oxygens (including phenoxy) is 1. The molecule has 1 heterocycles. The maximum atomic E-state index is 12.7. The highest BCUT2D eigenvalue weighted by Gasteiger charge is 2.30. The van der Waals surface area contributed by atoms with Crippen molar-refractivity contribution < 1.29 is 23.9 Å². The molecule has 2 atom stereocenters. The summed E-state index contributed by atoms with van der Waals surface area (Å²) in [6.45, 7) is 8.77. The second-order valence-corrected chi connectivity index (χ2v) is 8.85. The molecule has 0 bridgehead atoms. The van der Waals surface area contributed by atoms with Gasteiger partial charge in [0, 0.05) is 17.4 Å². The molecule has 0 saturated heterocycles. The summed E-state index contributed by atoms with van der Waals surface area (Å²) in [5.41, 5.74) is 1.47. The van der Waals surface area contributed by atoms with E-state index in [2.05, 4.69) is 10.6 Å². The van der Waals surface area contributed by atoms with Gasteiger partial charge in [0.25, 0.3) is 5.91 Å². The number of hydrogen-bond acceptors (Lipinski definition) is 6. The van der Waals surface area contributed by atoms with Crippen LogP contribution in [0.4, 0.5) is 0 Å². The van der Waals surface area contributed by atoms with Crippen molar-refractivity contribution in [2.75, 3.05) is 0 Å². The molecule has 8 heteroatoms. The summed E-state index contributed by atoms with van der Waals surface area (Å²) in [6, 6.07) is 9.53. The van der Waals surface area contributed by atoms with Gasteiger partial charge in [0.2, 0.25) is 11.7 Å². The van der Waals surface area contributed by atoms with E-state index in [0.717, 1.165) is 10.4 Å². The molecule has 0 aliphatic carbocycles. The molecule has 0 radical (unpaired) electrons. The lowest BCUT2D eigenvalue weighted by atomic mass is 10.0. The van der Waals surface area contributed by atoms with Gasteiger partial charge in [-0.05, 0) is 44.0 Å². The van der Waals surface area contributed by atoms with Crippen LogP contribution in [-0.4, -0.2) is 35.7 Å². The molecule has 1 aromatic carbocycles. The van der Waals surface area contributed by atoms with Crippen molar-refractivity contribution in [3.05, 3.63) is 57.3 Å². The van der Waals surface area contributed by atoms with Gasteiger partial charge in [0.15, 0.2) is 6.10 Å². The average molecular weight is 445 g/mol. The third-order valence-electron chi connectivity index (χ3n) is 4.60. The number of Topliss-reactive ketones (excluding diaryl/α,β-unsaturated/α-hetero) is 1. The predicted octanol–water partition coefficient (Wildman–Crippen LogP) is 3.26. The van der Waals surface area contributed by atoms with E-state index < -0.39 is 18.1 Å². The summed E-state index contributed by atoms with van der Waals surface area (Å²) < 4.78 is 5.39. The first kappa shape index (κ1) is 24.3. The van der Waals surface area contributed by atoms with Crippen molar-refractivity contribution in [3.63, 3.8) is 0 Å². The van der Waals surface area contributed by atoms with E-state index in [-0.39, 0.29) is 23.5 Å². The molecule has 0 fully saturated rings. The number of ketones is 1. The van der Waals surface area contributed by atoms with Crippen LogP contribution in [-0.2, 0) is 20.9 Å². The van der Waals surface area contributed by atoms with Crippen LogP contribution < -0.4 is 10.6 Å². The molecule has 1 aromatic heterocycles. The topological polar surface area (TPSA) is 102 Å². The molecule has 2 rings (SSSR count). The maximum absolute atomic E-state index is 12.7. The Morgan fingerprint density at radius 1 is 1.00 bits per heavy atom. The number of rotatable bonds is 9. The molecule has 0 spiro atoms. The molecule has 166 valence electrons. The fourth-order valence-corrected chi connectivity index (χ4v) is 3.71. The van der Waals surface area contributed by atoms with Crippen molar-refractivity contribution in [1.82, 2.24) is 10.6 Å². The molecule has 0 aliphatic heterocycles. The number of benzene rings is 1. The van der Waals surface area contributed by atoms with E-state index >= 15 is 0 Å². The molecule has 7 nitrogen and oxygen atoms in total. The van der Waals surface area contributed by atoms with E-state index in [1.165, 1.54) is 25.2 Å². The SMILES string of the molecule is CC(=O)NCc1ccc(C(=O)C(C)OC(=O)[C@@H](NC(=O)c2ccc(C)cc2)C(C)C)s1. The smallest absolute Gasteiger partial charge is 0.329 e. The highest BCUT2D eigenvalue weighted by atomic mass is 32.1. The normalized spacial score (nSPS) is 12.7. The first-order valence-electron chi connectivity index (χ1n) is 10.0. The lowest BCUT2D eigenvalue weighted by Gasteiger charge is -2.22. The van der Waals surface area contributed by atoms with E-state index in [0.29, 0.717) is 17.0 Å². The third-order valence-corrected chi connectivity index (χ3v) is 5.70. The van der Waals surface area contributed by atoms with E-state index in [4.69, 9.17) is 4.74 Å². The standard InChI is InChI=1S/C23H28N2O5S/c1-13(2)20(25-22(28)17-8-6-14(3)7-9-17)23(29)30-15(4)21(27)19-11-10-18(31-19)12-24-16(5)26/h6-11,13,15,20H,12H2,1-5H3,(H,24,26)(H,25,28)/t15?,20-/m0/s1. The minimum atomic E-state index is -1.00. The van der Waals surface area contributed by atoms with Gasteiger partial charge >= 0.3 is 5.97 Å². The minimum Gasteiger partial charge on any atom is -0.453 e. The zero-order valence-corrected chi connectivity index (χ0v) is 19.2. The first-order valence-corrected chi connectivity index (χ1v) is 10.9. The Morgan fingerprint density at radius 3 is 2.23 bits per heavy atom. The number of amides is 2. The molecule has 2 N–H and O–H groups in total. The van der Waals surface area contributed by atoms with Gasteiger partial charge in [0.1, 0.15) is 6.04 Å². The fraction of sp³-hybridized carbons (Fsp3) is 0.391. The first-order chi connectivity index (χ1) is 14.6. The number of esters is 1. The van der Waals surface area contributed by atoms with Crippen molar-refractivity contribution in [2.24, 2.45) is 5.92 Å². The van der Waals surface area contributed by atoms with Crippen molar-refractivity contribution in [1.29, 1.82) is 0 Å². The predicted molar refractivity (Wildman–Crippen MR) is 119 cm³/mol. The third kappa shape index (κ3) is 7.03. The highest BCUT2D eigenvalue weighted by Crippen LogP contribution is 2.20. The fourth-order valence-electron chi connectivity index (χ4n) is 2.75. The number of carbonyl (C=O) groups excluding carboxylic acids is 4. The van der Waals surface area contributed by atoms with E-state index in [1.54, 1.807) is 38.1 Å².